The van der Waals surface area contributed by atoms with Crippen molar-refractivity contribution in [1.82, 2.24) is 0 Å². The van der Waals surface area contributed by atoms with Crippen LogP contribution in [0.5, 0.6) is 0 Å². The van der Waals surface area contributed by atoms with E-state index in [1.54, 1.807) is 0 Å². The molecule has 0 rings (SSSR count). The topological polar surface area (TPSA) is 0 Å². The lowest BCUT2D eigenvalue weighted by Crippen LogP contribution is -1.97. The summed E-state index contributed by atoms with van der Waals surface area (Å²) in [5, 5.41) is 0. The number of hydrogen-bond donors (Lipinski definition) is 0. The van der Waals surface area contributed by atoms with Gasteiger partial charge in [0.05, 0.1) is 0 Å². The van der Waals surface area contributed by atoms with Gasteiger partial charge in [0.25, 0.3) is 0 Å². The van der Waals surface area contributed by atoms with Crippen LogP contribution in [0.4, 0.5) is 0 Å². The average molecular weight is 228 g/mol. The summed E-state index contributed by atoms with van der Waals surface area (Å²) in [6, 6.07) is 0. The summed E-state index contributed by atoms with van der Waals surface area (Å²) in [5.74, 6) is 2.76. The molecule has 0 radical (unpaired) electrons. The molecule has 0 aromatic carbocycles. The smallest absolute Gasteiger partial charge is 0.0443 e. The Balaban J connectivity index is 0. The predicted molar refractivity (Wildman–Crippen MR) is 77.9 cm³/mol. The molecule has 0 bridgehead atoms. The van der Waals surface area contributed by atoms with Gasteiger partial charge in [-0.1, -0.05) is 80.6 Å². The molecule has 1 unspecified atom stereocenters. The van der Waals surface area contributed by atoms with Gasteiger partial charge in [-0.15, -0.1) is 0 Å². The zero-order valence-electron chi connectivity index (χ0n) is 13.0. The maximum Gasteiger partial charge on any atom is -0.0443 e. The van der Waals surface area contributed by atoms with Gasteiger partial charge in [-0.05, 0) is 24.2 Å². The van der Waals surface area contributed by atoms with E-state index < -0.39 is 0 Å². The molecule has 0 heterocycles. The number of unbranched alkanes of at least 4 members (excludes halogenated alkanes) is 1. The Labute approximate surface area is 105 Å². The molecule has 16 heavy (non-hydrogen) atoms. The molecular formula is C16H36. The normalized spacial score (nSPS) is 14.2. The Morgan fingerprint density at radius 1 is 0.750 bits per heavy atom. The molecule has 0 heteroatoms. The van der Waals surface area contributed by atoms with Crippen LogP contribution in [0.15, 0.2) is 0 Å². The minimum atomic E-state index is 0.880. The largest absolute Gasteiger partial charge is 0.0654 e. The quantitative estimate of drug-likeness (QED) is 0.479. The molecule has 0 spiro atoms. The molecule has 0 saturated carbocycles. The van der Waals surface area contributed by atoms with Crippen LogP contribution in [-0.2, 0) is 0 Å². The summed E-state index contributed by atoms with van der Waals surface area (Å²) in [6.07, 6.45) is 8.25. The van der Waals surface area contributed by atoms with Gasteiger partial charge in [0.1, 0.15) is 0 Å². The summed E-state index contributed by atoms with van der Waals surface area (Å²) in [5.41, 5.74) is 0. The highest BCUT2D eigenvalue weighted by Gasteiger charge is 2.00. The van der Waals surface area contributed by atoms with Crippen LogP contribution in [0.3, 0.4) is 0 Å². The van der Waals surface area contributed by atoms with Crippen LogP contribution < -0.4 is 0 Å². The third-order valence-electron chi connectivity index (χ3n) is 3.32. The fraction of sp³-hybridized carbons (Fsp3) is 1.00. The highest BCUT2D eigenvalue weighted by atomic mass is 14.1. The Bertz CT molecular complexity index is 115. The predicted octanol–water partition coefficient (Wildman–Crippen LogP) is 6.30. The fourth-order valence-corrected chi connectivity index (χ4v) is 1.73. The van der Waals surface area contributed by atoms with Gasteiger partial charge >= 0.3 is 0 Å². The summed E-state index contributed by atoms with van der Waals surface area (Å²) in [7, 11) is 0. The second kappa shape index (κ2) is 13.1. The van der Waals surface area contributed by atoms with Crippen LogP contribution in [0.25, 0.3) is 0 Å². The maximum atomic E-state index is 2.33. The van der Waals surface area contributed by atoms with Crippen LogP contribution >= 0.6 is 0 Å². The fourth-order valence-electron chi connectivity index (χ4n) is 1.73. The standard InChI is InChI=1S/2C8H18/c1-5-8(4)6-7(2)3;1-4-6-7-8(3)5-2/h7-8H,5-6H2,1-4H3;8H,4-7H2,1-3H3/t;8-/m.0/s1. The molecule has 0 saturated heterocycles. The SMILES string of the molecule is CCC(C)CC(C)C.CCCC[C@@H](C)CC. The lowest BCUT2D eigenvalue weighted by atomic mass is 9.97. The molecule has 0 aromatic heterocycles. The van der Waals surface area contributed by atoms with Crippen molar-refractivity contribution in [3.63, 3.8) is 0 Å². The molecular weight excluding hydrogens is 192 g/mol. The number of rotatable bonds is 7. The Hall–Kier alpha value is 0. The minimum absolute atomic E-state index is 0.880. The molecule has 100 valence electrons. The van der Waals surface area contributed by atoms with Crippen molar-refractivity contribution in [3.05, 3.63) is 0 Å². The molecule has 0 amide bonds. The van der Waals surface area contributed by atoms with Crippen molar-refractivity contribution in [2.24, 2.45) is 17.8 Å². The highest BCUT2D eigenvalue weighted by Crippen LogP contribution is 2.13. The molecule has 0 N–H and O–H groups in total. The lowest BCUT2D eigenvalue weighted by Gasteiger charge is -2.09. The molecule has 0 aliphatic carbocycles. The van der Waals surface area contributed by atoms with Gasteiger partial charge in [0, 0.05) is 0 Å². The van der Waals surface area contributed by atoms with Crippen LogP contribution in [0.2, 0.25) is 0 Å². The molecule has 0 aliphatic heterocycles. The molecule has 2 atom stereocenters. The Morgan fingerprint density at radius 2 is 1.25 bits per heavy atom. The summed E-state index contributed by atoms with van der Waals surface area (Å²) in [6.45, 7) is 16.0. The van der Waals surface area contributed by atoms with Crippen LogP contribution in [0.1, 0.15) is 87.0 Å². The van der Waals surface area contributed by atoms with E-state index in [9.17, 15) is 0 Å². The van der Waals surface area contributed by atoms with E-state index in [1.807, 2.05) is 0 Å². The second-order valence-electron chi connectivity index (χ2n) is 5.80. The van der Waals surface area contributed by atoms with Crippen LogP contribution in [-0.4, -0.2) is 0 Å². The third-order valence-corrected chi connectivity index (χ3v) is 3.32. The zero-order chi connectivity index (χ0) is 13.0. The first kappa shape index (κ1) is 18.4. The Morgan fingerprint density at radius 3 is 1.50 bits per heavy atom. The second-order valence-corrected chi connectivity index (χ2v) is 5.80. The first-order valence-electron chi connectivity index (χ1n) is 7.47. The number of hydrogen-bond acceptors (Lipinski definition) is 0. The van der Waals surface area contributed by atoms with E-state index in [0.29, 0.717) is 0 Å². The van der Waals surface area contributed by atoms with E-state index in [4.69, 9.17) is 0 Å². The first-order chi connectivity index (χ1) is 7.47. The van der Waals surface area contributed by atoms with Crippen molar-refractivity contribution >= 4 is 0 Å². The molecule has 0 nitrogen and oxygen atoms in total. The van der Waals surface area contributed by atoms with Crippen molar-refractivity contribution in [1.29, 1.82) is 0 Å². The first-order valence-corrected chi connectivity index (χ1v) is 7.47. The van der Waals surface area contributed by atoms with Crippen molar-refractivity contribution < 1.29 is 0 Å². The summed E-state index contributed by atoms with van der Waals surface area (Å²) in [4.78, 5) is 0. The molecule has 0 fully saturated rings. The van der Waals surface area contributed by atoms with Crippen molar-refractivity contribution in [2.75, 3.05) is 0 Å². The molecule has 0 aliphatic rings. The van der Waals surface area contributed by atoms with Crippen molar-refractivity contribution in [2.45, 2.75) is 87.0 Å². The van der Waals surface area contributed by atoms with E-state index in [1.165, 1.54) is 38.5 Å². The monoisotopic (exact) mass is 228 g/mol. The van der Waals surface area contributed by atoms with Crippen molar-refractivity contribution in [3.8, 4) is 0 Å². The summed E-state index contributed by atoms with van der Waals surface area (Å²) < 4.78 is 0. The van der Waals surface area contributed by atoms with E-state index in [2.05, 4.69) is 48.5 Å². The van der Waals surface area contributed by atoms with E-state index >= 15 is 0 Å². The van der Waals surface area contributed by atoms with E-state index in [0.717, 1.165) is 17.8 Å². The van der Waals surface area contributed by atoms with Gasteiger partial charge in [0.2, 0.25) is 0 Å². The van der Waals surface area contributed by atoms with Gasteiger partial charge in [-0.3, -0.25) is 0 Å². The maximum absolute atomic E-state index is 2.33. The zero-order valence-corrected chi connectivity index (χ0v) is 13.0. The Kier molecular flexibility index (Phi) is 15.0. The highest BCUT2D eigenvalue weighted by molar-refractivity contribution is 4.52. The van der Waals surface area contributed by atoms with Gasteiger partial charge in [-0.2, -0.15) is 0 Å². The van der Waals surface area contributed by atoms with Gasteiger partial charge in [-0.25, -0.2) is 0 Å². The average Bonchev–Trinajstić information content (AvgIpc) is 2.25. The van der Waals surface area contributed by atoms with Gasteiger partial charge < -0.3 is 0 Å². The van der Waals surface area contributed by atoms with E-state index in [-0.39, 0.29) is 0 Å². The summed E-state index contributed by atoms with van der Waals surface area (Å²) >= 11 is 0. The van der Waals surface area contributed by atoms with Gasteiger partial charge in [0.15, 0.2) is 0 Å². The molecule has 0 aromatic rings. The third kappa shape index (κ3) is 16.4. The lowest BCUT2D eigenvalue weighted by molar-refractivity contribution is 0.429. The minimum Gasteiger partial charge on any atom is -0.0654 e. The van der Waals surface area contributed by atoms with Crippen LogP contribution in [0, 0.1) is 17.8 Å².